The second-order valence-electron chi connectivity index (χ2n) is 4.51. The van der Waals surface area contributed by atoms with E-state index in [-0.39, 0.29) is 0 Å². The lowest BCUT2D eigenvalue weighted by Crippen LogP contribution is -1.94. The van der Waals surface area contributed by atoms with Crippen molar-refractivity contribution in [3.05, 3.63) is 54.9 Å². The van der Waals surface area contributed by atoms with E-state index >= 15 is 0 Å². The van der Waals surface area contributed by atoms with Crippen LogP contribution in [0.25, 0.3) is 22.5 Å². The minimum absolute atomic E-state index is 0.600. The maximum Gasteiger partial charge on any atom is 0.128 e. The fraction of sp³-hybridized carbons (Fsp3) is 0.0625. The maximum absolute atomic E-state index is 5.73. The average molecular weight is 278 g/mol. The number of benzene rings is 1. The largest absolute Gasteiger partial charge is 0.496 e. The Hall–Kier alpha value is -2.95. The van der Waals surface area contributed by atoms with E-state index < -0.39 is 0 Å². The number of anilines is 1. The van der Waals surface area contributed by atoms with Gasteiger partial charge in [0.15, 0.2) is 0 Å². The van der Waals surface area contributed by atoms with Crippen LogP contribution in [-0.4, -0.2) is 22.3 Å². The summed E-state index contributed by atoms with van der Waals surface area (Å²) >= 11 is 0. The molecule has 0 spiro atoms. The number of nitrogen functional groups attached to an aromatic ring is 1. The van der Waals surface area contributed by atoms with Crippen molar-refractivity contribution in [2.75, 3.05) is 12.8 Å². The second kappa shape index (κ2) is 5.58. The summed E-state index contributed by atoms with van der Waals surface area (Å²) < 4.78 is 5.34. The number of nitrogens with two attached hydrogens (primary N) is 1. The average Bonchev–Trinajstić information content (AvgIpc) is 2.55. The molecule has 0 bridgehead atoms. The minimum atomic E-state index is 0.600. The summed E-state index contributed by atoms with van der Waals surface area (Å²) in [7, 11) is 1.64. The molecule has 0 aliphatic carbocycles. The number of nitrogens with zero attached hydrogens (tertiary/aromatic N) is 3. The van der Waals surface area contributed by atoms with Gasteiger partial charge in [0.25, 0.3) is 0 Å². The fourth-order valence-electron chi connectivity index (χ4n) is 2.08. The SMILES string of the molecule is COc1ccccc1-c1ccc(-c2cncc(N)c2)nn1. The summed E-state index contributed by atoms with van der Waals surface area (Å²) in [5.41, 5.74) is 9.56. The van der Waals surface area contributed by atoms with Gasteiger partial charge in [-0.15, -0.1) is 10.2 Å². The van der Waals surface area contributed by atoms with Gasteiger partial charge in [0.05, 0.1) is 24.2 Å². The summed E-state index contributed by atoms with van der Waals surface area (Å²) in [6, 6.07) is 13.3. The number of aromatic nitrogens is 3. The molecule has 0 unspecified atom stereocenters. The smallest absolute Gasteiger partial charge is 0.128 e. The molecule has 1 aromatic carbocycles. The molecule has 2 aromatic heterocycles. The van der Waals surface area contributed by atoms with Gasteiger partial charge in [-0.2, -0.15) is 0 Å². The first-order valence-electron chi connectivity index (χ1n) is 6.46. The van der Waals surface area contributed by atoms with Crippen molar-refractivity contribution < 1.29 is 4.74 Å². The van der Waals surface area contributed by atoms with Crippen molar-refractivity contribution in [3.8, 4) is 28.3 Å². The van der Waals surface area contributed by atoms with Gasteiger partial charge in [-0.1, -0.05) is 12.1 Å². The van der Waals surface area contributed by atoms with Crippen molar-refractivity contribution in [2.45, 2.75) is 0 Å². The molecule has 0 aliphatic heterocycles. The van der Waals surface area contributed by atoms with Crippen molar-refractivity contribution in [1.29, 1.82) is 0 Å². The Morgan fingerprint density at radius 2 is 1.71 bits per heavy atom. The van der Waals surface area contributed by atoms with E-state index in [1.807, 2.05) is 42.5 Å². The highest BCUT2D eigenvalue weighted by atomic mass is 16.5. The normalized spacial score (nSPS) is 10.3. The molecule has 0 amide bonds. The van der Waals surface area contributed by atoms with Gasteiger partial charge in [0.1, 0.15) is 5.75 Å². The third kappa shape index (κ3) is 2.67. The number of ether oxygens (including phenoxy) is 1. The van der Waals surface area contributed by atoms with Crippen LogP contribution in [0.3, 0.4) is 0 Å². The molecule has 0 radical (unpaired) electrons. The number of rotatable bonds is 3. The van der Waals surface area contributed by atoms with Crippen LogP contribution >= 0.6 is 0 Å². The molecule has 5 nitrogen and oxygen atoms in total. The summed E-state index contributed by atoms with van der Waals surface area (Å²) in [5.74, 6) is 0.769. The van der Waals surface area contributed by atoms with Gasteiger partial charge in [0.2, 0.25) is 0 Å². The van der Waals surface area contributed by atoms with Gasteiger partial charge in [0, 0.05) is 23.5 Å². The van der Waals surface area contributed by atoms with Crippen LogP contribution in [0.15, 0.2) is 54.9 Å². The van der Waals surface area contributed by atoms with Gasteiger partial charge in [-0.25, -0.2) is 0 Å². The quantitative estimate of drug-likeness (QED) is 0.797. The lowest BCUT2D eigenvalue weighted by molar-refractivity contribution is 0.416. The maximum atomic E-state index is 5.73. The van der Waals surface area contributed by atoms with Gasteiger partial charge in [-0.05, 0) is 30.3 Å². The lowest BCUT2D eigenvalue weighted by Gasteiger charge is -2.07. The topological polar surface area (TPSA) is 73.9 Å². The van der Waals surface area contributed by atoms with Gasteiger partial charge < -0.3 is 10.5 Å². The molecule has 5 heteroatoms. The van der Waals surface area contributed by atoms with E-state index in [1.54, 1.807) is 19.5 Å². The summed E-state index contributed by atoms with van der Waals surface area (Å²) in [5, 5.41) is 8.51. The van der Waals surface area contributed by atoms with Crippen molar-refractivity contribution in [2.24, 2.45) is 0 Å². The number of hydrogen-bond donors (Lipinski definition) is 1. The Kier molecular flexibility index (Phi) is 3.47. The number of methoxy groups -OCH3 is 1. The number of hydrogen-bond acceptors (Lipinski definition) is 5. The molecule has 3 rings (SSSR count). The first kappa shape index (κ1) is 13.1. The fourth-order valence-corrected chi connectivity index (χ4v) is 2.08. The highest BCUT2D eigenvalue weighted by Crippen LogP contribution is 2.28. The molecular formula is C16H14N4O. The molecule has 0 saturated heterocycles. The molecular weight excluding hydrogens is 264 g/mol. The molecule has 0 saturated carbocycles. The predicted octanol–water partition coefficient (Wildman–Crippen LogP) is 2.80. The zero-order valence-electron chi connectivity index (χ0n) is 11.5. The highest BCUT2D eigenvalue weighted by Gasteiger charge is 2.08. The van der Waals surface area contributed by atoms with Crippen LogP contribution in [0.1, 0.15) is 0 Å². The molecule has 0 atom stereocenters. The molecule has 104 valence electrons. The summed E-state index contributed by atoms with van der Waals surface area (Å²) in [6.07, 6.45) is 3.31. The molecule has 2 N–H and O–H groups in total. The van der Waals surface area contributed by atoms with E-state index in [2.05, 4.69) is 15.2 Å². The van der Waals surface area contributed by atoms with Gasteiger partial charge >= 0.3 is 0 Å². The van der Waals surface area contributed by atoms with E-state index in [0.717, 1.165) is 28.3 Å². The molecule has 0 fully saturated rings. The van der Waals surface area contributed by atoms with E-state index in [1.165, 1.54) is 0 Å². The van der Waals surface area contributed by atoms with Crippen LogP contribution in [0, 0.1) is 0 Å². The van der Waals surface area contributed by atoms with Crippen LogP contribution in [0.4, 0.5) is 5.69 Å². The van der Waals surface area contributed by atoms with E-state index in [9.17, 15) is 0 Å². The molecule has 2 heterocycles. The standard InChI is InChI=1S/C16H14N4O/c1-21-16-5-3-2-4-13(16)15-7-6-14(19-20-15)11-8-12(17)10-18-9-11/h2-10H,17H2,1H3. The third-order valence-electron chi connectivity index (χ3n) is 3.10. The Morgan fingerprint density at radius 1 is 0.952 bits per heavy atom. The second-order valence-corrected chi connectivity index (χ2v) is 4.51. The van der Waals surface area contributed by atoms with E-state index in [0.29, 0.717) is 5.69 Å². The third-order valence-corrected chi connectivity index (χ3v) is 3.10. The van der Waals surface area contributed by atoms with Crippen molar-refractivity contribution in [1.82, 2.24) is 15.2 Å². The van der Waals surface area contributed by atoms with Crippen molar-refractivity contribution in [3.63, 3.8) is 0 Å². The zero-order chi connectivity index (χ0) is 14.7. The Balaban J connectivity index is 1.98. The summed E-state index contributed by atoms with van der Waals surface area (Å²) in [4.78, 5) is 4.06. The van der Waals surface area contributed by atoms with E-state index in [4.69, 9.17) is 10.5 Å². The molecule has 21 heavy (non-hydrogen) atoms. The first-order chi connectivity index (χ1) is 10.3. The first-order valence-corrected chi connectivity index (χ1v) is 6.46. The summed E-state index contributed by atoms with van der Waals surface area (Å²) in [6.45, 7) is 0. The molecule has 0 aliphatic rings. The van der Waals surface area contributed by atoms with Gasteiger partial charge in [-0.3, -0.25) is 4.98 Å². The minimum Gasteiger partial charge on any atom is -0.496 e. The lowest BCUT2D eigenvalue weighted by atomic mass is 10.1. The Labute approximate surface area is 122 Å². The molecule has 3 aromatic rings. The predicted molar refractivity (Wildman–Crippen MR) is 81.7 cm³/mol. The van der Waals surface area contributed by atoms with Crippen LogP contribution in [-0.2, 0) is 0 Å². The highest BCUT2D eigenvalue weighted by molar-refractivity contribution is 5.69. The monoisotopic (exact) mass is 278 g/mol. The number of para-hydroxylation sites is 1. The van der Waals surface area contributed by atoms with Crippen molar-refractivity contribution >= 4 is 5.69 Å². The Morgan fingerprint density at radius 3 is 2.43 bits per heavy atom. The Bertz CT molecular complexity index is 756. The van der Waals surface area contributed by atoms with Crippen LogP contribution in [0.5, 0.6) is 5.75 Å². The number of pyridine rings is 1. The zero-order valence-corrected chi connectivity index (χ0v) is 11.5. The van der Waals surface area contributed by atoms with Crippen LogP contribution < -0.4 is 10.5 Å². The van der Waals surface area contributed by atoms with Crippen LogP contribution in [0.2, 0.25) is 0 Å².